The number of halogens is 1. The standard InChI is InChI=1S/C12H13ClN2O3/c1-7-3-9(10(18-2)4-8(7)13)15-5-11(16)14-12(17)6-15/h3-4H,5-6H2,1-2H3,(H,14,16,17). The lowest BCUT2D eigenvalue weighted by molar-refractivity contribution is -0.130. The van der Waals surface area contributed by atoms with Gasteiger partial charge in [-0.2, -0.15) is 0 Å². The molecular weight excluding hydrogens is 256 g/mol. The fraction of sp³-hybridized carbons (Fsp3) is 0.333. The number of piperazine rings is 1. The summed E-state index contributed by atoms with van der Waals surface area (Å²) >= 11 is 6.02. The van der Waals surface area contributed by atoms with Crippen molar-refractivity contribution in [3.8, 4) is 5.75 Å². The summed E-state index contributed by atoms with van der Waals surface area (Å²) in [6.45, 7) is 2.11. The zero-order chi connectivity index (χ0) is 13.3. The fourth-order valence-electron chi connectivity index (χ4n) is 1.87. The Labute approximate surface area is 110 Å². The van der Waals surface area contributed by atoms with Gasteiger partial charge in [-0.15, -0.1) is 0 Å². The molecule has 0 unspecified atom stereocenters. The summed E-state index contributed by atoms with van der Waals surface area (Å²) in [5, 5.41) is 2.84. The van der Waals surface area contributed by atoms with Crippen LogP contribution in [0.3, 0.4) is 0 Å². The zero-order valence-electron chi connectivity index (χ0n) is 10.1. The van der Waals surface area contributed by atoms with Gasteiger partial charge in [-0.25, -0.2) is 0 Å². The Morgan fingerprint density at radius 3 is 2.44 bits per heavy atom. The summed E-state index contributed by atoms with van der Waals surface area (Å²) in [6, 6.07) is 3.50. The Hall–Kier alpha value is -1.75. The van der Waals surface area contributed by atoms with E-state index in [2.05, 4.69) is 5.32 Å². The first-order valence-corrected chi connectivity index (χ1v) is 5.81. The van der Waals surface area contributed by atoms with E-state index in [4.69, 9.17) is 16.3 Å². The lowest BCUT2D eigenvalue weighted by atomic mass is 10.1. The number of hydrogen-bond donors (Lipinski definition) is 1. The fourth-order valence-corrected chi connectivity index (χ4v) is 2.02. The number of aryl methyl sites for hydroxylation is 1. The largest absolute Gasteiger partial charge is 0.495 e. The molecule has 1 aliphatic rings. The topological polar surface area (TPSA) is 58.6 Å². The maximum atomic E-state index is 11.4. The first kappa shape index (κ1) is 12.7. The number of benzene rings is 1. The lowest BCUT2D eigenvalue weighted by Gasteiger charge is -2.29. The third-order valence-electron chi connectivity index (χ3n) is 2.75. The van der Waals surface area contributed by atoms with E-state index in [1.54, 1.807) is 11.0 Å². The van der Waals surface area contributed by atoms with Crippen molar-refractivity contribution in [1.29, 1.82) is 0 Å². The maximum absolute atomic E-state index is 11.4. The number of methoxy groups -OCH3 is 1. The SMILES string of the molecule is COc1cc(Cl)c(C)cc1N1CC(=O)NC(=O)C1. The van der Waals surface area contributed by atoms with Gasteiger partial charge in [-0.05, 0) is 18.6 Å². The third kappa shape index (κ3) is 2.41. The Kier molecular flexibility index (Phi) is 3.43. The van der Waals surface area contributed by atoms with Crippen LogP contribution in [0.25, 0.3) is 0 Å². The number of carbonyl (C=O) groups excluding carboxylic acids is 2. The molecule has 96 valence electrons. The molecule has 6 heteroatoms. The number of nitrogens with one attached hydrogen (secondary N) is 1. The molecule has 0 aliphatic carbocycles. The first-order valence-electron chi connectivity index (χ1n) is 5.43. The van der Waals surface area contributed by atoms with Crippen LogP contribution in [0, 0.1) is 6.92 Å². The number of carbonyl (C=O) groups is 2. The number of anilines is 1. The van der Waals surface area contributed by atoms with Crippen LogP contribution >= 0.6 is 11.6 Å². The molecule has 0 spiro atoms. The van der Waals surface area contributed by atoms with Gasteiger partial charge < -0.3 is 9.64 Å². The predicted molar refractivity (Wildman–Crippen MR) is 68.1 cm³/mol. The number of imide groups is 1. The van der Waals surface area contributed by atoms with Crippen LogP contribution in [0.1, 0.15) is 5.56 Å². The summed E-state index contributed by atoms with van der Waals surface area (Å²) in [6.07, 6.45) is 0. The van der Waals surface area contributed by atoms with Gasteiger partial charge in [0.2, 0.25) is 11.8 Å². The average molecular weight is 269 g/mol. The summed E-state index contributed by atoms with van der Waals surface area (Å²) in [5.74, 6) is -0.0880. The van der Waals surface area contributed by atoms with E-state index < -0.39 is 0 Å². The number of nitrogens with zero attached hydrogens (tertiary/aromatic N) is 1. The van der Waals surface area contributed by atoms with Crippen LogP contribution < -0.4 is 15.0 Å². The molecule has 0 atom stereocenters. The van der Waals surface area contributed by atoms with Gasteiger partial charge >= 0.3 is 0 Å². The lowest BCUT2D eigenvalue weighted by Crippen LogP contribution is -2.51. The van der Waals surface area contributed by atoms with Crippen molar-refractivity contribution in [3.63, 3.8) is 0 Å². The van der Waals surface area contributed by atoms with Gasteiger partial charge in [-0.1, -0.05) is 11.6 Å². The molecule has 1 heterocycles. The van der Waals surface area contributed by atoms with Crippen LogP contribution in [0.2, 0.25) is 5.02 Å². The molecule has 1 fully saturated rings. The van der Waals surface area contributed by atoms with Crippen molar-refractivity contribution < 1.29 is 14.3 Å². The van der Waals surface area contributed by atoms with Crippen LogP contribution in [0.4, 0.5) is 5.69 Å². The molecule has 0 saturated carbocycles. The number of ether oxygens (including phenoxy) is 1. The maximum Gasteiger partial charge on any atom is 0.246 e. The molecule has 0 bridgehead atoms. The predicted octanol–water partition coefficient (Wildman–Crippen LogP) is 1.12. The first-order chi connectivity index (χ1) is 8.51. The second kappa shape index (κ2) is 4.86. The normalized spacial score (nSPS) is 15.6. The second-order valence-corrected chi connectivity index (χ2v) is 4.51. The molecule has 0 aromatic heterocycles. The van der Waals surface area contributed by atoms with Gasteiger partial charge in [0.15, 0.2) is 0 Å². The van der Waals surface area contributed by atoms with Gasteiger partial charge in [-0.3, -0.25) is 14.9 Å². The number of amides is 2. The van der Waals surface area contributed by atoms with Crippen LogP contribution in [-0.2, 0) is 9.59 Å². The van der Waals surface area contributed by atoms with E-state index in [-0.39, 0.29) is 24.9 Å². The molecule has 0 radical (unpaired) electrons. The Morgan fingerprint density at radius 2 is 1.89 bits per heavy atom. The number of hydrogen-bond acceptors (Lipinski definition) is 4. The van der Waals surface area contributed by atoms with Crippen molar-refractivity contribution >= 4 is 29.1 Å². The molecule has 18 heavy (non-hydrogen) atoms. The van der Waals surface area contributed by atoms with E-state index in [9.17, 15) is 9.59 Å². The summed E-state index contributed by atoms with van der Waals surface area (Å²) < 4.78 is 5.24. The van der Waals surface area contributed by atoms with Gasteiger partial charge in [0.25, 0.3) is 0 Å². The summed E-state index contributed by atoms with van der Waals surface area (Å²) in [4.78, 5) is 24.4. The Bertz CT molecular complexity index is 500. The van der Waals surface area contributed by atoms with Crippen molar-refractivity contribution in [1.82, 2.24) is 5.32 Å². The summed E-state index contributed by atoms with van der Waals surface area (Å²) in [7, 11) is 1.52. The molecule has 1 aromatic rings. The van der Waals surface area contributed by atoms with Gasteiger partial charge in [0.05, 0.1) is 25.9 Å². The highest BCUT2D eigenvalue weighted by atomic mass is 35.5. The Morgan fingerprint density at radius 1 is 1.28 bits per heavy atom. The van der Waals surface area contributed by atoms with E-state index in [0.717, 1.165) is 5.56 Å². The molecule has 2 rings (SSSR count). The third-order valence-corrected chi connectivity index (χ3v) is 3.16. The van der Waals surface area contributed by atoms with E-state index in [1.807, 2.05) is 13.0 Å². The molecule has 1 aliphatic heterocycles. The van der Waals surface area contributed by atoms with Crippen LogP contribution in [0.15, 0.2) is 12.1 Å². The summed E-state index contributed by atoms with van der Waals surface area (Å²) in [5.41, 5.74) is 1.56. The smallest absolute Gasteiger partial charge is 0.246 e. The van der Waals surface area contributed by atoms with Gasteiger partial charge in [0, 0.05) is 11.1 Å². The minimum Gasteiger partial charge on any atom is -0.495 e. The van der Waals surface area contributed by atoms with E-state index in [0.29, 0.717) is 16.5 Å². The zero-order valence-corrected chi connectivity index (χ0v) is 10.9. The van der Waals surface area contributed by atoms with Gasteiger partial charge in [0.1, 0.15) is 5.75 Å². The Balaban J connectivity index is 2.40. The van der Waals surface area contributed by atoms with Crippen molar-refractivity contribution in [2.45, 2.75) is 6.92 Å². The molecule has 1 saturated heterocycles. The average Bonchev–Trinajstić information content (AvgIpc) is 2.30. The highest BCUT2D eigenvalue weighted by Crippen LogP contribution is 2.33. The van der Waals surface area contributed by atoms with Crippen molar-refractivity contribution in [2.75, 3.05) is 25.1 Å². The molecule has 1 N–H and O–H groups in total. The number of rotatable bonds is 2. The minimum atomic E-state index is -0.319. The van der Waals surface area contributed by atoms with Crippen LogP contribution in [0.5, 0.6) is 5.75 Å². The van der Waals surface area contributed by atoms with Crippen LogP contribution in [-0.4, -0.2) is 32.0 Å². The molecule has 2 amide bonds. The highest BCUT2D eigenvalue weighted by Gasteiger charge is 2.25. The molecule has 5 nitrogen and oxygen atoms in total. The molecule has 1 aromatic carbocycles. The molecular formula is C12H13ClN2O3. The minimum absolute atomic E-state index is 0.128. The van der Waals surface area contributed by atoms with Crippen molar-refractivity contribution in [3.05, 3.63) is 22.7 Å². The highest BCUT2D eigenvalue weighted by molar-refractivity contribution is 6.31. The van der Waals surface area contributed by atoms with Crippen molar-refractivity contribution in [2.24, 2.45) is 0 Å². The monoisotopic (exact) mass is 268 g/mol. The quantitative estimate of drug-likeness (QED) is 0.817. The van der Waals surface area contributed by atoms with E-state index in [1.165, 1.54) is 7.11 Å². The van der Waals surface area contributed by atoms with E-state index >= 15 is 0 Å². The second-order valence-electron chi connectivity index (χ2n) is 4.10.